The van der Waals surface area contributed by atoms with Gasteiger partial charge in [0.05, 0.1) is 0 Å². The van der Waals surface area contributed by atoms with E-state index >= 15 is 0 Å². The summed E-state index contributed by atoms with van der Waals surface area (Å²) >= 11 is 7.08. The summed E-state index contributed by atoms with van der Waals surface area (Å²) in [5.74, 6) is 0. The molecule has 0 atom stereocenters. The van der Waals surface area contributed by atoms with Crippen molar-refractivity contribution in [1.82, 2.24) is 10.6 Å². The average molecular weight is 364 g/mol. The first-order chi connectivity index (χ1) is 11.7. The molecule has 0 saturated heterocycles. The molecule has 0 bridgehead atoms. The standard InChI is InChI=1S/C18H22ClN3OS/c19-16-7-3-14(4-8-16)2-1-12-21-18(23)22-13-11-15-5-9-17(24-20)10-6-15/h3-10H,1-2,11-13,20H2,(H2,21,22,23). The molecule has 2 aromatic carbocycles. The van der Waals surface area contributed by atoms with Crippen LogP contribution < -0.4 is 15.8 Å². The first kappa shape index (κ1) is 18.6. The smallest absolute Gasteiger partial charge is 0.314 e. The van der Waals surface area contributed by atoms with Gasteiger partial charge in [0.1, 0.15) is 0 Å². The van der Waals surface area contributed by atoms with E-state index in [-0.39, 0.29) is 6.03 Å². The largest absolute Gasteiger partial charge is 0.338 e. The van der Waals surface area contributed by atoms with Gasteiger partial charge < -0.3 is 10.6 Å². The fourth-order valence-electron chi connectivity index (χ4n) is 2.26. The van der Waals surface area contributed by atoms with Crippen molar-refractivity contribution in [3.8, 4) is 0 Å². The zero-order valence-corrected chi connectivity index (χ0v) is 15.0. The molecule has 0 aliphatic carbocycles. The van der Waals surface area contributed by atoms with Gasteiger partial charge in [-0.25, -0.2) is 4.79 Å². The molecule has 2 aromatic rings. The molecule has 0 aliphatic rings. The minimum absolute atomic E-state index is 0.125. The molecule has 0 unspecified atom stereocenters. The number of rotatable bonds is 8. The quantitative estimate of drug-likeness (QED) is 0.494. The summed E-state index contributed by atoms with van der Waals surface area (Å²) in [7, 11) is 0. The fourth-order valence-corrected chi connectivity index (χ4v) is 2.68. The number of carbonyl (C=O) groups excluding carboxylic acids is 1. The second kappa shape index (κ2) is 10.2. The molecule has 24 heavy (non-hydrogen) atoms. The third kappa shape index (κ3) is 6.83. The van der Waals surface area contributed by atoms with E-state index in [1.807, 2.05) is 48.5 Å². The molecule has 0 saturated carbocycles. The van der Waals surface area contributed by atoms with Gasteiger partial charge >= 0.3 is 6.03 Å². The fraction of sp³-hybridized carbons (Fsp3) is 0.278. The SMILES string of the molecule is NSc1ccc(CCNC(=O)NCCCc2ccc(Cl)cc2)cc1. The zero-order valence-electron chi connectivity index (χ0n) is 13.4. The van der Waals surface area contributed by atoms with Gasteiger partial charge in [0.15, 0.2) is 0 Å². The summed E-state index contributed by atoms with van der Waals surface area (Å²) in [5.41, 5.74) is 2.40. The van der Waals surface area contributed by atoms with E-state index in [4.69, 9.17) is 16.7 Å². The highest BCUT2D eigenvalue weighted by Gasteiger charge is 2.00. The minimum atomic E-state index is -0.125. The van der Waals surface area contributed by atoms with Gasteiger partial charge in [-0.05, 0) is 66.6 Å². The van der Waals surface area contributed by atoms with Crippen molar-refractivity contribution in [2.45, 2.75) is 24.2 Å². The van der Waals surface area contributed by atoms with Crippen molar-refractivity contribution < 1.29 is 4.79 Å². The lowest BCUT2D eigenvalue weighted by Gasteiger charge is -2.08. The predicted octanol–water partition coefficient (Wildman–Crippen LogP) is 3.78. The number of hydrogen-bond donors (Lipinski definition) is 3. The first-order valence-corrected chi connectivity index (χ1v) is 9.15. The van der Waals surface area contributed by atoms with Crippen LogP contribution in [0.25, 0.3) is 0 Å². The summed E-state index contributed by atoms with van der Waals surface area (Å²) in [6.07, 6.45) is 2.62. The Balaban J connectivity index is 1.56. The number of benzene rings is 2. The number of nitrogens with two attached hydrogens (primary N) is 1. The Bertz CT molecular complexity index is 632. The number of aryl methyl sites for hydroxylation is 1. The molecule has 0 aliphatic heterocycles. The van der Waals surface area contributed by atoms with E-state index in [1.165, 1.54) is 23.1 Å². The van der Waals surface area contributed by atoms with Gasteiger partial charge in [-0.3, -0.25) is 5.14 Å². The number of halogens is 1. The molecule has 0 heterocycles. The van der Waals surface area contributed by atoms with Crippen molar-refractivity contribution in [1.29, 1.82) is 0 Å². The Hall–Kier alpha value is -1.69. The van der Waals surface area contributed by atoms with Crippen molar-refractivity contribution in [2.75, 3.05) is 13.1 Å². The Labute approximate surface area is 152 Å². The predicted molar refractivity (Wildman–Crippen MR) is 101 cm³/mol. The van der Waals surface area contributed by atoms with E-state index in [0.717, 1.165) is 29.2 Å². The van der Waals surface area contributed by atoms with Crippen LogP contribution in [-0.4, -0.2) is 19.1 Å². The molecule has 0 spiro atoms. The van der Waals surface area contributed by atoms with E-state index in [2.05, 4.69) is 10.6 Å². The van der Waals surface area contributed by atoms with Crippen LogP contribution >= 0.6 is 23.5 Å². The number of hydrogen-bond acceptors (Lipinski definition) is 3. The molecule has 6 heteroatoms. The van der Waals surface area contributed by atoms with Crippen LogP contribution in [0.2, 0.25) is 5.02 Å². The van der Waals surface area contributed by atoms with Gasteiger partial charge in [0.2, 0.25) is 0 Å². The molecule has 4 N–H and O–H groups in total. The molecule has 2 amide bonds. The molecule has 4 nitrogen and oxygen atoms in total. The van der Waals surface area contributed by atoms with Crippen molar-refractivity contribution in [3.05, 3.63) is 64.7 Å². The lowest BCUT2D eigenvalue weighted by atomic mass is 10.1. The van der Waals surface area contributed by atoms with Crippen LogP contribution in [0.1, 0.15) is 17.5 Å². The van der Waals surface area contributed by atoms with Crippen LogP contribution in [0.5, 0.6) is 0 Å². The van der Waals surface area contributed by atoms with Gasteiger partial charge in [-0.2, -0.15) is 0 Å². The normalized spacial score (nSPS) is 10.4. The van der Waals surface area contributed by atoms with Crippen molar-refractivity contribution in [2.24, 2.45) is 5.14 Å². The third-order valence-electron chi connectivity index (χ3n) is 3.60. The maximum atomic E-state index is 11.7. The summed E-state index contributed by atoms with van der Waals surface area (Å²) < 4.78 is 0. The number of carbonyl (C=O) groups is 1. The van der Waals surface area contributed by atoms with Crippen LogP contribution in [0.4, 0.5) is 4.79 Å². The number of nitrogens with one attached hydrogen (secondary N) is 2. The number of amides is 2. The zero-order chi connectivity index (χ0) is 17.2. The summed E-state index contributed by atoms with van der Waals surface area (Å²) in [5, 5.41) is 12.0. The average Bonchev–Trinajstić information content (AvgIpc) is 2.61. The Morgan fingerprint density at radius 3 is 2.17 bits per heavy atom. The molecule has 0 aromatic heterocycles. The minimum Gasteiger partial charge on any atom is -0.338 e. The Morgan fingerprint density at radius 1 is 0.917 bits per heavy atom. The summed E-state index contributed by atoms with van der Waals surface area (Å²) in [6, 6.07) is 15.7. The molecule has 0 fully saturated rings. The van der Waals surface area contributed by atoms with Gasteiger partial charge in [0.25, 0.3) is 0 Å². The molecule has 2 rings (SSSR count). The maximum Gasteiger partial charge on any atom is 0.314 e. The molecule has 128 valence electrons. The van der Waals surface area contributed by atoms with E-state index in [9.17, 15) is 4.79 Å². The van der Waals surface area contributed by atoms with Crippen molar-refractivity contribution >= 4 is 29.6 Å². The summed E-state index contributed by atoms with van der Waals surface area (Å²) in [4.78, 5) is 12.8. The van der Waals surface area contributed by atoms with Crippen LogP contribution in [0.15, 0.2) is 53.4 Å². The van der Waals surface area contributed by atoms with E-state index in [1.54, 1.807) is 0 Å². The Morgan fingerprint density at radius 2 is 1.50 bits per heavy atom. The molecule has 0 radical (unpaired) electrons. The second-order valence-corrected chi connectivity index (χ2v) is 6.57. The highest BCUT2D eigenvalue weighted by Crippen LogP contribution is 2.12. The van der Waals surface area contributed by atoms with E-state index < -0.39 is 0 Å². The third-order valence-corrected chi connectivity index (χ3v) is 4.40. The van der Waals surface area contributed by atoms with E-state index in [0.29, 0.717) is 13.1 Å². The van der Waals surface area contributed by atoms with Crippen LogP contribution in [-0.2, 0) is 12.8 Å². The second-order valence-electron chi connectivity index (χ2n) is 5.42. The molecular weight excluding hydrogens is 342 g/mol. The lowest BCUT2D eigenvalue weighted by Crippen LogP contribution is -2.37. The van der Waals surface area contributed by atoms with Crippen molar-refractivity contribution in [3.63, 3.8) is 0 Å². The number of urea groups is 1. The highest BCUT2D eigenvalue weighted by atomic mass is 35.5. The molecular formula is C18H22ClN3OS. The first-order valence-electron chi connectivity index (χ1n) is 7.89. The van der Waals surface area contributed by atoms with Crippen LogP contribution in [0.3, 0.4) is 0 Å². The maximum absolute atomic E-state index is 11.7. The van der Waals surface area contributed by atoms with Crippen LogP contribution in [0, 0.1) is 0 Å². The Kier molecular flexibility index (Phi) is 7.95. The summed E-state index contributed by atoms with van der Waals surface area (Å²) in [6.45, 7) is 1.26. The lowest BCUT2D eigenvalue weighted by molar-refractivity contribution is 0.241. The van der Waals surface area contributed by atoms with Gasteiger partial charge in [-0.1, -0.05) is 35.9 Å². The highest BCUT2D eigenvalue weighted by molar-refractivity contribution is 7.97. The monoisotopic (exact) mass is 363 g/mol. The van der Waals surface area contributed by atoms with Gasteiger partial charge in [0, 0.05) is 23.0 Å². The van der Waals surface area contributed by atoms with Gasteiger partial charge in [-0.15, -0.1) is 0 Å². The topological polar surface area (TPSA) is 67.1 Å².